The molecule has 1 saturated heterocycles. The highest BCUT2D eigenvalue weighted by molar-refractivity contribution is 7.53. The molecule has 0 saturated carbocycles. The van der Waals surface area contributed by atoms with E-state index in [2.05, 4.69) is 0 Å². The first kappa shape index (κ1) is 24.8. The Kier molecular flexibility index (Phi) is 8.64. The molecule has 1 unspecified atom stereocenters. The van der Waals surface area contributed by atoms with Gasteiger partial charge in [-0.3, -0.25) is 9.09 Å². The quantitative estimate of drug-likeness (QED) is 0.415. The van der Waals surface area contributed by atoms with E-state index in [9.17, 15) is 14.6 Å². The van der Waals surface area contributed by atoms with Gasteiger partial charge in [-0.2, -0.15) is 0 Å². The molecule has 1 heterocycles. The third-order valence-electron chi connectivity index (χ3n) is 5.57. The minimum absolute atomic E-state index is 0.00316. The Morgan fingerprint density at radius 1 is 0.706 bits per heavy atom. The lowest BCUT2D eigenvalue weighted by atomic mass is 10.1. The van der Waals surface area contributed by atoms with Gasteiger partial charge in [0.25, 0.3) is 0 Å². The van der Waals surface area contributed by atoms with E-state index >= 15 is 0 Å². The van der Waals surface area contributed by atoms with Crippen molar-refractivity contribution in [2.24, 2.45) is 0 Å². The van der Waals surface area contributed by atoms with Crippen LogP contribution in [0.4, 0.5) is 0 Å². The summed E-state index contributed by atoms with van der Waals surface area (Å²) >= 11 is 0. The molecule has 2 N–H and O–H groups in total. The van der Waals surface area contributed by atoms with Gasteiger partial charge < -0.3 is 24.2 Å². The summed E-state index contributed by atoms with van der Waals surface area (Å²) in [5.41, 5.74) is 2.75. The van der Waals surface area contributed by atoms with Crippen molar-refractivity contribution >= 4 is 7.60 Å². The molecule has 0 radical (unpaired) electrons. The van der Waals surface area contributed by atoms with E-state index in [-0.39, 0.29) is 19.8 Å². The van der Waals surface area contributed by atoms with Crippen molar-refractivity contribution in [3.63, 3.8) is 0 Å². The van der Waals surface area contributed by atoms with Crippen molar-refractivity contribution in [1.29, 1.82) is 0 Å². The van der Waals surface area contributed by atoms with E-state index in [1.807, 2.05) is 91.0 Å². The molecule has 8 heteroatoms. The van der Waals surface area contributed by atoms with Crippen LogP contribution < -0.4 is 0 Å². The number of rotatable bonds is 10. The van der Waals surface area contributed by atoms with Crippen molar-refractivity contribution in [3.8, 4) is 0 Å². The predicted octanol–water partition coefficient (Wildman–Crippen LogP) is 4.28. The summed E-state index contributed by atoms with van der Waals surface area (Å²) in [5, 5.41) is 10.7. The molecule has 1 fully saturated rings. The third-order valence-corrected chi connectivity index (χ3v) is 7.10. The van der Waals surface area contributed by atoms with Crippen molar-refractivity contribution < 1.29 is 33.3 Å². The fraction of sp³-hybridized carbons (Fsp3) is 0.308. The molecular formula is C26H29O7P. The predicted molar refractivity (Wildman–Crippen MR) is 127 cm³/mol. The lowest BCUT2D eigenvalue weighted by Gasteiger charge is -2.42. The van der Waals surface area contributed by atoms with Gasteiger partial charge in [0.05, 0.1) is 26.4 Å². The van der Waals surface area contributed by atoms with Gasteiger partial charge in [-0.05, 0) is 16.7 Å². The minimum atomic E-state index is -4.39. The Labute approximate surface area is 199 Å². The number of hydrogen-bond acceptors (Lipinski definition) is 6. The molecule has 0 amide bonds. The monoisotopic (exact) mass is 484 g/mol. The van der Waals surface area contributed by atoms with Crippen LogP contribution in [0.25, 0.3) is 0 Å². The SMILES string of the molecule is O=P1(O)O[C@H](COCc2ccccc2)[C@@H](OCc2ccccc2)[C@H](OCc2ccccc2)[C@H]1O. The van der Waals surface area contributed by atoms with E-state index < -0.39 is 31.8 Å². The topological polar surface area (TPSA) is 94.5 Å². The lowest BCUT2D eigenvalue weighted by Crippen LogP contribution is -2.54. The summed E-state index contributed by atoms with van der Waals surface area (Å²) in [6, 6.07) is 28.5. The smallest absolute Gasteiger partial charge is 0.359 e. The number of aliphatic hydroxyl groups is 1. The van der Waals surface area contributed by atoms with E-state index in [1.165, 1.54) is 0 Å². The molecule has 0 aliphatic carbocycles. The Bertz CT molecular complexity index is 1050. The molecule has 1 aliphatic heterocycles. The standard InChI is InChI=1S/C26H29O7P/c27-26-25(32-18-22-14-8-3-9-15-22)24(31-17-21-12-6-2-7-13-21)23(33-34(26,28)29)19-30-16-20-10-4-1-5-11-20/h1-15,23-27H,16-19H2,(H,28,29)/t23-,24-,25+,26+/m1/s1. The molecule has 34 heavy (non-hydrogen) atoms. The average Bonchev–Trinajstić information content (AvgIpc) is 2.86. The normalized spacial score (nSPS) is 26.9. The van der Waals surface area contributed by atoms with Gasteiger partial charge in [0.1, 0.15) is 18.3 Å². The first-order chi connectivity index (χ1) is 16.5. The van der Waals surface area contributed by atoms with Gasteiger partial charge >= 0.3 is 7.60 Å². The summed E-state index contributed by atoms with van der Waals surface area (Å²) in [7, 11) is -4.39. The van der Waals surface area contributed by atoms with Gasteiger partial charge in [0, 0.05) is 0 Å². The van der Waals surface area contributed by atoms with Crippen LogP contribution in [0, 0.1) is 0 Å². The van der Waals surface area contributed by atoms with Crippen LogP contribution in [0.3, 0.4) is 0 Å². The molecule has 4 rings (SSSR count). The van der Waals surface area contributed by atoms with Crippen LogP contribution >= 0.6 is 7.60 Å². The molecule has 0 aromatic heterocycles. The molecule has 1 aliphatic rings. The summed E-state index contributed by atoms with van der Waals surface area (Å²) < 4.78 is 36.1. The van der Waals surface area contributed by atoms with Crippen LogP contribution in [0.15, 0.2) is 91.0 Å². The Balaban J connectivity index is 1.50. The summed E-state index contributed by atoms with van der Waals surface area (Å²) in [6.45, 7) is 0.666. The molecular weight excluding hydrogens is 455 g/mol. The zero-order valence-corrected chi connectivity index (χ0v) is 19.6. The molecule has 3 aromatic rings. The fourth-order valence-corrected chi connectivity index (χ4v) is 5.11. The van der Waals surface area contributed by atoms with Gasteiger partial charge in [0.15, 0.2) is 5.85 Å². The Morgan fingerprint density at radius 3 is 1.65 bits per heavy atom. The van der Waals surface area contributed by atoms with Crippen molar-refractivity contribution in [2.75, 3.05) is 6.61 Å². The lowest BCUT2D eigenvalue weighted by molar-refractivity contribution is -0.180. The van der Waals surface area contributed by atoms with Crippen LogP contribution in [0.1, 0.15) is 16.7 Å². The highest BCUT2D eigenvalue weighted by atomic mass is 31.2. The van der Waals surface area contributed by atoms with Gasteiger partial charge in [-0.15, -0.1) is 0 Å². The van der Waals surface area contributed by atoms with Crippen molar-refractivity contribution in [1.82, 2.24) is 0 Å². The maximum atomic E-state index is 12.7. The zero-order valence-electron chi connectivity index (χ0n) is 18.7. The second-order valence-corrected chi connectivity index (χ2v) is 10.0. The van der Waals surface area contributed by atoms with E-state index in [0.717, 1.165) is 16.7 Å². The van der Waals surface area contributed by atoms with Crippen LogP contribution in [-0.4, -0.2) is 40.8 Å². The summed E-state index contributed by atoms with van der Waals surface area (Å²) in [5.74, 6) is -1.75. The maximum Gasteiger partial charge on any atom is 0.359 e. The molecule has 180 valence electrons. The molecule has 5 atom stereocenters. The number of ether oxygens (including phenoxy) is 3. The first-order valence-electron chi connectivity index (χ1n) is 11.1. The third kappa shape index (κ3) is 6.62. The van der Waals surface area contributed by atoms with Crippen molar-refractivity contribution in [2.45, 2.75) is 44.0 Å². The highest BCUT2D eigenvalue weighted by Gasteiger charge is 2.53. The Hall–Kier alpha value is -2.35. The van der Waals surface area contributed by atoms with Crippen molar-refractivity contribution in [3.05, 3.63) is 108 Å². The number of hydrogen-bond donors (Lipinski definition) is 2. The Morgan fingerprint density at radius 2 is 1.15 bits per heavy atom. The summed E-state index contributed by atoms with van der Waals surface area (Å²) in [6.07, 6.45) is -2.82. The maximum absolute atomic E-state index is 12.7. The largest absolute Gasteiger partial charge is 0.378 e. The molecule has 7 nitrogen and oxygen atoms in total. The van der Waals surface area contributed by atoms with Crippen LogP contribution in [0.5, 0.6) is 0 Å². The van der Waals surface area contributed by atoms with E-state index in [4.69, 9.17) is 18.7 Å². The zero-order chi connectivity index (χ0) is 23.8. The van der Waals surface area contributed by atoms with Gasteiger partial charge in [-0.1, -0.05) is 91.0 Å². The van der Waals surface area contributed by atoms with E-state index in [0.29, 0.717) is 6.61 Å². The van der Waals surface area contributed by atoms with Crippen LogP contribution in [0.2, 0.25) is 0 Å². The average molecular weight is 484 g/mol. The van der Waals surface area contributed by atoms with Crippen LogP contribution in [-0.2, 0) is 43.1 Å². The number of aliphatic hydroxyl groups excluding tert-OH is 1. The van der Waals surface area contributed by atoms with E-state index in [1.54, 1.807) is 0 Å². The molecule has 0 spiro atoms. The fourth-order valence-electron chi connectivity index (χ4n) is 3.79. The number of benzene rings is 3. The molecule has 3 aromatic carbocycles. The second kappa shape index (κ2) is 11.9. The second-order valence-electron chi connectivity index (χ2n) is 8.14. The first-order valence-corrected chi connectivity index (χ1v) is 12.8. The highest BCUT2D eigenvalue weighted by Crippen LogP contribution is 2.54. The van der Waals surface area contributed by atoms with Gasteiger partial charge in [0.2, 0.25) is 0 Å². The van der Waals surface area contributed by atoms with Gasteiger partial charge in [-0.25, -0.2) is 0 Å². The minimum Gasteiger partial charge on any atom is -0.378 e. The molecule has 0 bridgehead atoms. The summed E-state index contributed by atoms with van der Waals surface area (Å²) in [4.78, 5) is 10.4.